The molecule has 1 saturated carbocycles. The van der Waals surface area contributed by atoms with Crippen molar-refractivity contribution >= 4 is 32.9 Å². The van der Waals surface area contributed by atoms with Crippen LogP contribution in [-0.4, -0.2) is 71.6 Å². The van der Waals surface area contributed by atoms with E-state index in [0.717, 1.165) is 38.9 Å². The third kappa shape index (κ3) is 7.84. The van der Waals surface area contributed by atoms with Gasteiger partial charge in [-0.3, -0.25) is 4.79 Å². The number of fused-ring (bicyclic) bond motifs is 1. The Balaban J connectivity index is 1.10. The molecule has 1 aliphatic carbocycles. The fraction of sp³-hybridized carbons (Fsp3) is 0.421. The number of amides is 2. The predicted molar refractivity (Wildman–Crippen MR) is 189 cm³/mol. The molecule has 3 N–H and O–H groups in total. The topological polar surface area (TPSA) is 132 Å². The number of aromatic nitrogens is 1. The number of hydrogen-bond donors (Lipinski definition) is 3. The molecule has 3 aromatic carbocycles. The van der Waals surface area contributed by atoms with Crippen LogP contribution in [0.25, 0.3) is 22.2 Å². The van der Waals surface area contributed by atoms with Gasteiger partial charge in [-0.2, -0.15) is 0 Å². The zero-order valence-corrected chi connectivity index (χ0v) is 29.4. The Labute approximate surface area is 288 Å². The first-order chi connectivity index (χ1) is 23.3. The summed E-state index contributed by atoms with van der Waals surface area (Å²) in [6, 6.07) is 22.1. The number of ether oxygens (including phenoxy) is 1. The lowest BCUT2D eigenvalue weighted by Gasteiger charge is -2.43. The minimum atomic E-state index is -3.80. The van der Waals surface area contributed by atoms with E-state index in [9.17, 15) is 23.1 Å². The summed E-state index contributed by atoms with van der Waals surface area (Å²) >= 11 is 0. The van der Waals surface area contributed by atoms with E-state index in [4.69, 9.17) is 4.74 Å². The van der Waals surface area contributed by atoms with E-state index in [1.165, 1.54) is 0 Å². The Hall–Kier alpha value is -4.19. The second kappa shape index (κ2) is 14.0. The van der Waals surface area contributed by atoms with Crippen LogP contribution in [0.5, 0.6) is 0 Å². The van der Waals surface area contributed by atoms with Gasteiger partial charge in [-0.15, -0.1) is 0 Å². The van der Waals surface area contributed by atoms with Gasteiger partial charge >= 0.3 is 6.09 Å². The Bertz CT molecular complexity index is 1930. The SMILES string of the molecule is Cc1cc(CO)ccc1-c1cc2ccc(S(=O)(=O)NC3CCC(C(=O)N4CCN(C(=O)OC(C)(C)C)CC4c4ccccc4)CC3)cc2[nH]1. The summed E-state index contributed by atoms with van der Waals surface area (Å²) in [6.07, 6.45) is 1.89. The molecule has 2 amide bonds. The van der Waals surface area contributed by atoms with E-state index in [0.29, 0.717) is 45.3 Å². The molecule has 49 heavy (non-hydrogen) atoms. The number of carbonyl (C=O) groups is 2. The first-order valence-electron chi connectivity index (χ1n) is 17.0. The molecule has 2 aliphatic rings. The highest BCUT2D eigenvalue weighted by atomic mass is 32.2. The van der Waals surface area contributed by atoms with Crippen molar-refractivity contribution in [2.45, 2.75) is 82.6 Å². The number of H-pyrrole nitrogens is 1. The fourth-order valence-electron chi connectivity index (χ4n) is 7.02. The second-order valence-corrected chi connectivity index (χ2v) is 16.0. The summed E-state index contributed by atoms with van der Waals surface area (Å²) in [6.45, 7) is 8.62. The molecule has 2 heterocycles. The molecule has 1 saturated heterocycles. The van der Waals surface area contributed by atoms with E-state index in [1.807, 2.05) is 93.3 Å². The van der Waals surface area contributed by atoms with Gasteiger partial charge in [0.25, 0.3) is 0 Å². The monoisotopic (exact) mass is 686 g/mol. The van der Waals surface area contributed by atoms with Gasteiger partial charge in [-0.1, -0.05) is 54.6 Å². The molecular formula is C38H46N4O6S. The molecule has 1 atom stereocenters. The van der Waals surface area contributed by atoms with E-state index in [1.54, 1.807) is 17.0 Å². The van der Waals surface area contributed by atoms with Crippen molar-refractivity contribution in [2.24, 2.45) is 5.92 Å². The van der Waals surface area contributed by atoms with Crippen LogP contribution < -0.4 is 4.72 Å². The normalized spacial score (nSPS) is 20.4. The van der Waals surface area contributed by atoms with Crippen LogP contribution in [0.3, 0.4) is 0 Å². The number of aliphatic hydroxyl groups excluding tert-OH is 1. The molecule has 1 aliphatic heterocycles. The highest BCUT2D eigenvalue weighted by Gasteiger charge is 2.39. The summed E-state index contributed by atoms with van der Waals surface area (Å²) in [5, 5.41) is 10.4. The summed E-state index contributed by atoms with van der Waals surface area (Å²) < 4.78 is 35.6. The number of nitrogens with zero attached hydrogens (tertiary/aromatic N) is 2. The Morgan fingerprint density at radius 3 is 2.37 bits per heavy atom. The van der Waals surface area contributed by atoms with Gasteiger partial charge in [0, 0.05) is 53.8 Å². The average molecular weight is 687 g/mol. The highest BCUT2D eigenvalue weighted by Crippen LogP contribution is 2.34. The number of rotatable bonds is 7. The van der Waals surface area contributed by atoms with Crippen LogP contribution in [-0.2, 0) is 26.2 Å². The number of sulfonamides is 1. The lowest BCUT2D eigenvalue weighted by atomic mass is 9.85. The second-order valence-electron chi connectivity index (χ2n) is 14.3. The Kier molecular flexibility index (Phi) is 9.88. The number of benzene rings is 3. The summed E-state index contributed by atoms with van der Waals surface area (Å²) in [4.78, 5) is 34.0. The molecule has 4 aromatic rings. The van der Waals surface area contributed by atoms with Gasteiger partial charge in [0.1, 0.15) is 5.60 Å². The lowest BCUT2D eigenvalue weighted by Crippen LogP contribution is -2.54. The van der Waals surface area contributed by atoms with E-state index in [2.05, 4.69) is 9.71 Å². The number of hydrogen-bond acceptors (Lipinski definition) is 6. The quantitative estimate of drug-likeness (QED) is 0.209. The molecule has 10 nitrogen and oxygen atoms in total. The Morgan fingerprint density at radius 2 is 1.69 bits per heavy atom. The van der Waals surface area contributed by atoms with Crippen molar-refractivity contribution < 1.29 is 27.9 Å². The maximum atomic E-state index is 14.0. The summed E-state index contributed by atoms with van der Waals surface area (Å²) in [5.41, 5.74) is 4.79. The highest BCUT2D eigenvalue weighted by molar-refractivity contribution is 7.89. The van der Waals surface area contributed by atoms with Crippen LogP contribution in [0.2, 0.25) is 0 Å². The number of carbonyl (C=O) groups excluding carboxylic acids is 2. The molecule has 2 fully saturated rings. The van der Waals surface area contributed by atoms with Crippen LogP contribution in [0, 0.1) is 12.8 Å². The van der Waals surface area contributed by atoms with Crippen molar-refractivity contribution in [1.82, 2.24) is 19.5 Å². The number of aryl methyl sites for hydroxylation is 1. The molecule has 0 radical (unpaired) electrons. The van der Waals surface area contributed by atoms with Gasteiger partial charge in [-0.05, 0) is 88.3 Å². The van der Waals surface area contributed by atoms with Gasteiger partial charge in [0.15, 0.2) is 0 Å². The molecule has 1 unspecified atom stereocenters. The van der Waals surface area contributed by atoms with Gasteiger partial charge in [0.05, 0.1) is 17.5 Å². The van der Waals surface area contributed by atoms with Gasteiger partial charge in [0.2, 0.25) is 15.9 Å². The number of aliphatic hydroxyl groups is 1. The minimum Gasteiger partial charge on any atom is -0.444 e. The third-order valence-electron chi connectivity index (χ3n) is 9.57. The first kappa shape index (κ1) is 34.7. The minimum absolute atomic E-state index is 0.0244. The van der Waals surface area contributed by atoms with Crippen LogP contribution in [0.4, 0.5) is 4.79 Å². The zero-order chi connectivity index (χ0) is 34.9. The molecule has 11 heteroatoms. The molecule has 0 bridgehead atoms. The first-order valence-corrected chi connectivity index (χ1v) is 18.5. The van der Waals surface area contributed by atoms with Crippen molar-refractivity contribution in [1.29, 1.82) is 0 Å². The van der Waals surface area contributed by atoms with Crippen molar-refractivity contribution in [3.63, 3.8) is 0 Å². The molecule has 0 spiro atoms. The fourth-order valence-corrected chi connectivity index (χ4v) is 8.36. The van der Waals surface area contributed by atoms with Crippen molar-refractivity contribution in [3.05, 3.63) is 89.5 Å². The average Bonchev–Trinajstić information content (AvgIpc) is 3.51. The molecule has 1 aromatic heterocycles. The van der Waals surface area contributed by atoms with Crippen LogP contribution >= 0.6 is 0 Å². The van der Waals surface area contributed by atoms with E-state index < -0.39 is 15.6 Å². The standard InChI is InChI=1S/C38H46N4O6S/c1-25-20-26(24-43)10-17-32(25)34-21-29-13-16-31(22-33(29)39-34)49(46,47)40-30-14-11-28(12-15-30)36(44)42-19-18-41(37(45)48-38(2,3)4)23-35(42)27-8-6-5-7-9-27/h5-10,13,16-17,20-22,28,30,35,39-40,43H,11-12,14-15,18-19,23-24H2,1-4H3. The van der Waals surface area contributed by atoms with Gasteiger partial charge in [-0.25, -0.2) is 17.9 Å². The molecular weight excluding hydrogens is 641 g/mol. The third-order valence-corrected chi connectivity index (χ3v) is 11.1. The summed E-state index contributed by atoms with van der Waals surface area (Å²) in [7, 11) is -3.80. The number of aromatic amines is 1. The largest absolute Gasteiger partial charge is 0.444 e. The van der Waals surface area contributed by atoms with E-state index in [-0.39, 0.29) is 41.5 Å². The smallest absolute Gasteiger partial charge is 0.410 e. The maximum absolute atomic E-state index is 14.0. The van der Waals surface area contributed by atoms with Crippen LogP contribution in [0.1, 0.15) is 69.2 Å². The number of piperazine rings is 1. The van der Waals surface area contributed by atoms with Crippen molar-refractivity contribution in [3.8, 4) is 11.3 Å². The molecule has 6 rings (SSSR count). The predicted octanol–water partition coefficient (Wildman–Crippen LogP) is 6.29. The number of nitrogens with one attached hydrogen (secondary N) is 2. The van der Waals surface area contributed by atoms with E-state index >= 15 is 0 Å². The Morgan fingerprint density at radius 1 is 0.959 bits per heavy atom. The zero-order valence-electron chi connectivity index (χ0n) is 28.6. The lowest BCUT2D eigenvalue weighted by molar-refractivity contribution is -0.142. The van der Waals surface area contributed by atoms with Crippen molar-refractivity contribution in [2.75, 3.05) is 19.6 Å². The maximum Gasteiger partial charge on any atom is 0.410 e. The molecule has 260 valence electrons. The van der Waals surface area contributed by atoms with Crippen LogP contribution in [0.15, 0.2) is 77.7 Å². The summed E-state index contributed by atoms with van der Waals surface area (Å²) in [5.74, 6) is -0.170. The van der Waals surface area contributed by atoms with Gasteiger partial charge < -0.3 is 24.6 Å².